The number of rotatable bonds is 2. The van der Waals surface area contributed by atoms with Gasteiger partial charge in [-0.3, -0.25) is 0 Å². The minimum Gasteiger partial charge on any atom is -0.369 e. The molecular weight excluding hydrogens is 169 g/mol. The summed E-state index contributed by atoms with van der Waals surface area (Å²) in [5, 5.41) is 0. The second kappa shape index (κ2) is 3.64. The van der Waals surface area contributed by atoms with E-state index < -0.39 is 12.3 Å². The molecule has 0 spiro atoms. The number of hydrogen-bond acceptors (Lipinski definition) is 1. The van der Waals surface area contributed by atoms with E-state index in [2.05, 4.69) is 4.74 Å². The molecule has 0 aromatic heterocycles. The van der Waals surface area contributed by atoms with Crippen molar-refractivity contribution >= 4 is 0 Å². The van der Waals surface area contributed by atoms with Crippen LogP contribution in [0.15, 0.2) is 0 Å². The van der Waals surface area contributed by atoms with Crippen LogP contribution in [0.4, 0.5) is 13.2 Å². The minimum absolute atomic E-state index is 0.119. The van der Waals surface area contributed by atoms with Crippen molar-refractivity contribution in [3.8, 4) is 0 Å². The Balaban J connectivity index is 3.80. The Labute approximate surface area is 70.9 Å². The molecule has 0 aliphatic carbocycles. The number of alkyl halides is 3. The van der Waals surface area contributed by atoms with Gasteiger partial charge in [0.05, 0.1) is 6.61 Å². The highest BCUT2D eigenvalue weighted by Crippen LogP contribution is 2.24. The van der Waals surface area contributed by atoms with Gasteiger partial charge in [-0.25, -0.2) is 0 Å². The monoisotopic (exact) mass is 184 g/mol. The molecule has 74 valence electrons. The average Bonchev–Trinajstić information content (AvgIpc) is 1.78. The Morgan fingerprint density at radius 2 is 1.58 bits per heavy atom. The molecule has 0 bridgehead atoms. The fourth-order valence-electron chi connectivity index (χ4n) is 0.469. The third-order valence-corrected chi connectivity index (χ3v) is 1.23. The second-order valence-corrected chi connectivity index (χ2v) is 4.06. The Morgan fingerprint density at radius 1 is 1.17 bits per heavy atom. The zero-order valence-corrected chi connectivity index (χ0v) is 7.83. The maximum atomic E-state index is 11.9. The second-order valence-electron chi connectivity index (χ2n) is 4.06. The lowest BCUT2D eigenvalue weighted by Crippen LogP contribution is -2.31. The molecule has 0 aromatic rings. The highest BCUT2D eigenvalue weighted by molar-refractivity contribution is 4.65. The van der Waals surface area contributed by atoms with E-state index in [0.717, 1.165) is 6.92 Å². The number of halogens is 3. The molecule has 1 unspecified atom stereocenters. The summed E-state index contributed by atoms with van der Waals surface area (Å²) < 4.78 is 40.3. The summed E-state index contributed by atoms with van der Waals surface area (Å²) in [5.41, 5.74) is -0.223. The Bertz CT molecular complexity index is 134. The van der Waals surface area contributed by atoms with Crippen LogP contribution in [-0.4, -0.2) is 18.9 Å². The maximum Gasteiger partial charge on any atom is 0.414 e. The van der Waals surface area contributed by atoms with Crippen molar-refractivity contribution in [2.75, 3.05) is 6.61 Å². The lowest BCUT2D eigenvalue weighted by Gasteiger charge is -2.23. The van der Waals surface area contributed by atoms with Crippen molar-refractivity contribution in [2.24, 2.45) is 5.41 Å². The molecule has 0 saturated carbocycles. The van der Waals surface area contributed by atoms with Crippen molar-refractivity contribution in [2.45, 2.75) is 40.0 Å². The van der Waals surface area contributed by atoms with Crippen LogP contribution in [0.5, 0.6) is 0 Å². The third kappa shape index (κ3) is 5.41. The zero-order valence-electron chi connectivity index (χ0n) is 7.83. The first-order chi connectivity index (χ1) is 5.13. The van der Waals surface area contributed by atoms with Crippen LogP contribution in [-0.2, 0) is 4.74 Å². The van der Waals surface area contributed by atoms with Gasteiger partial charge in [-0.2, -0.15) is 13.2 Å². The fraction of sp³-hybridized carbons (Fsp3) is 1.00. The van der Waals surface area contributed by atoms with Crippen molar-refractivity contribution in [1.82, 2.24) is 0 Å². The molecule has 0 aliphatic rings. The molecule has 1 atom stereocenters. The molecular formula is C8H15F3O. The molecule has 4 heteroatoms. The summed E-state index contributed by atoms with van der Waals surface area (Å²) in [7, 11) is 0. The van der Waals surface area contributed by atoms with Crippen molar-refractivity contribution in [3.63, 3.8) is 0 Å². The first-order valence-electron chi connectivity index (χ1n) is 3.81. The molecule has 0 heterocycles. The molecule has 0 amide bonds. The van der Waals surface area contributed by atoms with Gasteiger partial charge in [0.25, 0.3) is 0 Å². The predicted octanol–water partition coefficient (Wildman–Crippen LogP) is 3.00. The molecule has 1 nitrogen and oxygen atoms in total. The summed E-state index contributed by atoms with van der Waals surface area (Å²) in [6.45, 7) is 6.63. The molecule has 0 aromatic carbocycles. The highest BCUT2D eigenvalue weighted by atomic mass is 19.4. The molecule has 0 fully saturated rings. The van der Waals surface area contributed by atoms with Crippen LogP contribution in [0, 0.1) is 5.41 Å². The van der Waals surface area contributed by atoms with E-state index in [0.29, 0.717) is 0 Å². The SMILES string of the molecule is CC(OCC(C)(C)C)C(F)(F)F. The lowest BCUT2D eigenvalue weighted by molar-refractivity contribution is -0.219. The minimum atomic E-state index is -4.24. The molecule has 0 N–H and O–H groups in total. The molecule has 0 saturated heterocycles. The molecule has 0 rings (SSSR count). The van der Waals surface area contributed by atoms with E-state index in [1.165, 1.54) is 0 Å². The van der Waals surface area contributed by atoms with Gasteiger partial charge in [-0.1, -0.05) is 20.8 Å². The van der Waals surface area contributed by atoms with E-state index in [9.17, 15) is 13.2 Å². The maximum absolute atomic E-state index is 11.9. The van der Waals surface area contributed by atoms with Crippen LogP contribution < -0.4 is 0 Å². The van der Waals surface area contributed by atoms with Gasteiger partial charge in [0.2, 0.25) is 0 Å². The molecule has 0 radical (unpaired) electrons. The van der Waals surface area contributed by atoms with Gasteiger partial charge >= 0.3 is 6.18 Å². The fourth-order valence-corrected chi connectivity index (χ4v) is 0.469. The smallest absolute Gasteiger partial charge is 0.369 e. The lowest BCUT2D eigenvalue weighted by atomic mass is 9.99. The van der Waals surface area contributed by atoms with E-state index in [-0.39, 0.29) is 12.0 Å². The van der Waals surface area contributed by atoms with Gasteiger partial charge < -0.3 is 4.74 Å². The van der Waals surface area contributed by atoms with Crippen molar-refractivity contribution in [1.29, 1.82) is 0 Å². The van der Waals surface area contributed by atoms with Gasteiger partial charge in [-0.05, 0) is 12.3 Å². The Hall–Kier alpha value is -0.250. The van der Waals surface area contributed by atoms with Gasteiger partial charge in [0.1, 0.15) is 0 Å². The summed E-state index contributed by atoms with van der Waals surface area (Å²) >= 11 is 0. The summed E-state index contributed by atoms with van der Waals surface area (Å²) in [5.74, 6) is 0. The van der Waals surface area contributed by atoms with Gasteiger partial charge in [0.15, 0.2) is 6.10 Å². The van der Waals surface area contributed by atoms with E-state index in [4.69, 9.17) is 0 Å². The Morgan fingerprint density at radius 3 is 1.83 bits per heavy atom. The summed E-state index contributed by atoms with van der Waals surface area (Å²) in [6, 6.07) is 0. The Kier molecular flexibility index (Phi) is 3.57. The first-order valence-corrected chi connectivity index (χ1v) is 3.81. The quantitative estimate of drug-likeness (QED) is 0.641. The largest absolute Gasteiger partial charge is 0.414 e. The van der Waals surface area contributed by atoms with E-state index in [1.807, 2.05) is 20.8 Å². The number of ether oxygens (including phenoxy) is 1. The molecule has 12 heavy (non-hydrogen) atoms. The van der Waals surface area contributed by atoms with E-state index >= 15 is 0 Å². The van der Waals surface area contributed by atoms with Crippen molar-refractivity contribution in [3.05, 3.63) is 0 Å². The number of hydrogen-bond donors (Lipinski definition) is 0. The highest BCUT2D eigenvalue weighted by Gasteiger charge is 2.37. The standard InChI is InChI=1S/C8H15F3O/c1-6(8(9,10)11)12-5-7(2,3)4/h6H,5H2,1-4H3. The summed E-state index contributed by atoms with van der Waals surface area (Å²) in [4.78, 5) is 0. The first kappa shape index (κ1) is 11.8. The summed E-state index contributed by atoms with van der Waals surface area (Å²) in [6.07, 6.45) is -5.91. The van der Waals surface area contributed by atoms with Crippen LogP contribution in [0.2, 0.25) is 0 Å². The average molecular weight is 184 g/mol. The van der Waals surface area contributed by atoms with Crippen molar-refractivity contribution < 1.29 is 17.9 Å². The van der Waals surface area contributed by atoms with Gasteiger partial charge in [0, 0.05) is 0 Å². The van der Waals surface area contributed by atoms with Gasteiger partial charge in [-0.15, -0.1) is 0 Å². The predicted molar refractivity (Wildman–Crippen MR) is 40.9 cm³/mol. The third-order valence-electron chi connectivity index (χ3n) is 1.23. The van der Waals surface area contributed by atoms with Crippen LogP contribution in [0.3, 0.4) is 0 Å². The van der Waals surface area contributed by atoms with Crippen LogP contribution in [0.25, 0.3) is 0 Å². The van der Waals surface area contributed by atoms with Crippen LogP contribution >= 0.6 is 0 Å². The van der Waals surface area contributed by atoms with E-state index in [1.54, 1.807) is 0 Å². The van der Waals surface area contributed by atoms with Crippen LogP contribution in [0.1, 0.15) is 27.7 Å². The normalized spacial score (nSPS) is 16.2. The topological polar surface area (TPSA) is 9.23 Å². The zero-order chi connectivity index (χ0) is 9.99. The molecule has 0 aliphatic heterocycles.